The molecule has 0 aliphatic carbocycles. The van der Waals surface area contributed by atoms with Crippen molar-refractivity contribution >= 4 is 0 Å². The molecule has 0 amide bonds. The minimum Gasteiger partial charge on any atom is -0.396 e. The lowest BCUT2D eigenvalue weighted by Gasteiger charge is -2.38. The number of β-amino-alcohol motifs (C(OH)–C–C–N with tert-alkyl or cyclic N) is 1. The van der Waals surface area contributed by atoms with Gasteiger partial charge in [0.2, 0.25) is 0 Å². The Labute approximate surface area is 153 Å². The molecule has 1 heterocycles. The van der Waals surface area contributed by atoms with Crippen LogP contribution < -0.4 is 0 Å². The Hall–Kier alpha value is -0.940. The highest BCUT2D eigenvalue weighted by Crippen LogP contribution is 2.18. The Morgan fingerprint density at radius 2 is 1.52 bits per heavy atom. The number of allylic oxidation sites excluding steroid dienone is 5. The van der Waals surface area contributed by atoms with Gasteiger partial charge in [0, 0.05) is 32.2 Å². The van der Waals surface area contributed by atoms with Gasteiger partial charge in [-0.3, -0.25) is 4.90 Å². The summed E-state index contributed by atoms with van der Waals surface area (Å²) in [5.74, 6) is -0.260. The van der Waals surface area contributed by atoms with E-state index >= 15 is 0 Å². The van der Waals surface area contributed by atoms with Crippen LogP contribution in [0.25, 0.3) is 0 Å². The average Bonchev–Trinajstić information content (AvgIpc) is 2.55. The Morgan fingerprint density at radius 1 is 0.920 bits per heavy atom. The summed E-state index contributed by atoms with van der Waals surface area (Å²) in [7, 11) is 0. The number of aliphatic hydroxyl groups excluding tert-OH is 3. The maximum absolute atomic E-state index is 9.89. The maximum Gasteiger partial charge on any atom is 0.0929 e. The number of aliphatic hydroxyl groups is 3. The van der Waals surface area contributed by atoms with E-state index in [4.69, 9.17) is 0 Å². The van der Waals surface area contributed by atoms with Crippen LogP contribution in [-0.4, -0.2) is 58.7 Å². The monoisotopic (exact) mass is 351 g/mol. The number of hydrogen-bond donors (Lipinski definition) is 3. The van der Waals surface area contributed by atoms with Crippen LogP contribution in [0.4, 0.5) is 0 Å². The van der Waals surface area contributed by atoms with E-state index in [0.717, 1.165) is 32.2 Å². The molecule has 0 bridgehead atoms. The normalized spacial score (nSPS) is 26.0. The van der Waals surface area contributed by atoms with Gasteiger partial charge < -0.3 is 15.3 Å². The predicted molar refractivity (Wildman–Crippen MR) is 104 cm³/mol. The fraction of sp³-hybridized carbons (Fsp3) is 0.714. The third kappa shape index (κ3) is 8.82. The fourth-order valence-corrected chi connectivity index (χ4v) is 3.14. The number of likely N-dealkylation sites (tertiary alicyclic amines) is 1. The van der Waals surface area contributed by atoms with Gasteiger partial charge >= 0.3 is 0 Å². The lowest BCUT2D eigenvalue weighted by Crippen LogP contribution is -2.53. The standard InChI is InChI=1S/C21H37NO3/c1-16(2)7-5-8-17(3)9-6-10-18(4)11-12-22-13-19(15-23)21(25)20(24)14-22/h7,9,11,19-21,23-25H,5-6,8,10,12-15H2,1-4H3/b17-9+,18-11+/t19?,20?,21-/m1/s1. The number of nitrogens with zero attached hydrogens (tertiary/aromatic N) is 1. The van der Waals surface area contributed by atoms with Crippen molar-refractivity contribution in [2.75, 3.05) is 26.2 Å². The van der Waals surface area contributed by atoms with Crippen LogP contribution in [0.3, 0.4) is 0 Å². The van der Waals surface area contributed by atoms with Gasteiger partial charge in [0.25, 0.3) is 0 Å². The van der Waals surface area contributed by atoms with E-state index in [1.807, 2.05) is 0 Å². The molecule has 1 aliphatic rings. The second-order valence-corrected chi connectivity index (χ2v) is 7.68. The van der Waals surface area contributed by atoms with Crippen molar-refractivity contribution in [3.8, 4) is 0 Å². The van der Waals surface area contributed by atoms with E-state index in [2.05, 4.69) is 50.8 Å². The first-order chi connectivity index (χ1) is 11.8. The summed E-state index contributed by atoms with van der Waals surface area (Å²) in [6, 6.07) is 0. The first-order valence-electron chi connectivity index (χ1n) is 9.47. The summed E-state index contributed by atoms with van der Waals surface area (Å²) in [6.07, 6.45) is 9.58. The number of hydrogen-bond acceptors (Lipinski definition) is 4. The van der Waals surface area contributed by atoms with Gasteiger partial charge in [0.15, 0.2) is 0 Å². The molecule has 0 saturated carbocycles. The van der Waals surface area contributed by atoms with Crippen LogP contribution in [-0.2, 0) is 0 Å². The van der Waals surface area contributed by atoms with E-state index in [1.54, 1.807) is 0 Å². The zero-order valence-electron chi connectivity index (χ0n) is 16.4. The van der Waals surface area contributed by atoms with E-state index in [9.17, 15) is 15.3 Å². The molecule has 1 rings (SSSR count). The quantitative estimate of drug-likeness (QED) is 0.559. The van der Waals surface area contributed by atoms with Crippen molar-refractivity contribution in [3.05, 3.63) is 34.9 Å². The van der Waals surface area contributed by atoms with Gasteiger partial charge in [-0.25, -0.2) is 0 Å². The molecular weight excluding hydrogens is 314 g/mol. The third-order valence-electron chi connectivity index (χ3n) is 4.87. The summed E-state index contributed by atoms with van der Waals surface area (Å²) < 4.78 is 0. The lowest BCUT2D eigenvalue weighted by atomic mass is 9.93. The largest absolute Gasteiger partial charge is 0.396 e. The van der Waals surface area contributed by atoms with Crippen molar-refractivity contribution < 1.29 is 15.3 Å². The molecular formula is C21H37NO3. The summed E-state index contributed by atoms with van der Waals surface area (Å²) in [6.45, 7) is 10.4. The molecule has 0 aromatic carbocycles. The van der Waals surface area contributed by atoms with Crippen LogP contribution in [0, 0.1) is 5.92 Å². The van der Waals surface area contributed by atoms with Crippen LogP contribution >= 0.6 is 0 Å². The molecule has 0 radical (unpaired) electrons. The van der Waals surface area contributed by atoms with Gasteiger partial charge in [-0.05, 0) is 53.4 Å². The third-order valence-corrected chi connectivity index (χ3v) is 4.87. The zero-order valence-corrected chi connectivity index (χ0v) is 16.4. The highest BCUT2D eigenvalue weighted by atomic mass is 16.3. The summed E-state index contributed by atoms with van der Waals surface area (Å²) in [4.78, 5) is 2.10. The summed E-state index contributed by atoms with van der Waals surface area (Å²) >= 11 is 0. The Balaban J connectivity index is 2.35. The molecule has 0 aromatic heterocycles. The minimum atomic E-state index is -0.814. The molecule has 1 aliphatic heterocycles. The molecule has 144 valence electrons. The molecule has 4 heteroatoms. The molecule has 3 atom stereocenters. The SMILES string of the molecule is CC(C)=CCC/C(C)=C/CC/C(C)=C/CN1CC(O)[C@H](O)C(CO)C1. The first kappa shape index (κ1) is 22.1. The van der Waals surface area contributed by atoms with Crippen LogP contribution in [0.5, 0.6) is 0 Å². The van der Waals surface area contributed by atoms with Gasteiger partial charge in [0.1, 0.15) is 0 Å². The van der Waals surface area contributed by atoms with Crippen molar-refractivity contribution in [2.45, 2.75) is 65.6 Å². The van der Waals surface area contributed by atoms with E-state index in [0.29, 0.717) is 13.1 Å². The van der Waals surface area contributed by atoms with Gasteiger partial charge in [-0.1, -0.05) is 34.9 Å². The van der Waals surface area contributed by atoms with Crippen molar-refractivity contribution in [1.29, 1.82) is 0 Å². The van der Waals surface area contributed by atoms with Crippen molar-refractivity contribution in [1.82, 2.24) is 4.90 Å². The second-order valence-electron chi connectivity index (χ2n) is 7.68. The highest BCUT2D eigenvalue weighted by molar-refractivity contribution is 5.06. The minimum absolute atomic E-state index is 0.0890. The second kappa shape index (κ2) is 11.6. The molecule has 0 aromatic rings. The Bertz CT molecular complexity index is 478. The average molecular weight is 352 g/mol. The van der Waals surface area contributed by atoms with Crippen LogP contribution in [0.15, 0.2) is 34.9 Å². The van der Waals surface area contributed by atoms with E-state index in [-0.39, 0.29) is 12.5 Å². The lowest BCUT2D eigenvalue weighted by molar-refractivity contribution is -0.0836. The molecule has 2 unspecified atom stereocenters. The predicted octanol–water partition coefficient (Wildman–Crippen LogP) is 3.05. The van der Waals surface area contributed by atoms with Crippen molar-refractivity contribution in [3.63, 3.8) is 0 Å². The smallest absolute Gasteiger partial charge is 0.0929 e. The maximum atomic E-state index is 9.89. The van der Waals surface area contributed by atoms with Gasteiger partial charge in [-0.2, -0.15) is 0 Å². The van der Waals surface area contributed by atoms with Gasteiger partial charge in [-0.15, -0.1) is 0 Å². The van der Waals surface area contributed by atoms with E-state index in [1.165, 1.54) is 16.7 Å². The van der Waals surface area contributed by atoms with Crippen LogP contribution in [0.1, 0.15) is 53.4 Å². The van der Waals surface area contributed by atoms with Gasteiger partial charge in [0.05, 0.1) is 12.2 Å². The highest BCUT2D eigenvalue weighted by Gasteiger charge is 2.33. The number of piperidine rings is 1. The molecule has 25 heavy (non-hydrogen) atoms. The summed E-state index contributed by atoms with van der Waals surface area (Å²) in [5.41, 5.74) is 4.17. The van der Waals surface area contributed by atoms with Crippen molar-refractivity contribution in [2.24, 2.45) is 5.92 Å². The van der Waals surface area contributed by atoms with Crippen LogP contribution in [0.2, 0.25) is 0 Å². The number of rotatable bonds is 9. The van der Waals surface area contributed by atoms with E-state index < -0.39 is 12.2 Å². The first-order valence-corrected chi connectivity index (χ1v) is 9.47. The molecule has 4 nitrogen and oxygen atoms in total. The Kier molecular flexibility index (Phi) is 10.3. The fourth-order valence-electron chi connectivity index (χ4n) is 3.14. The summed E-state index contributed by atoms with van der Waals surface area (Å²) in [5, 5.41) is 29.0. The molecule has 3 N–H and O–H groups in total. The molecule has 1 saturated heterocycles. The molecule has 1 fully saturated rings. The zero-order chi connectivity index (χ0) is 18.8. The Morgan fingerprint density at radius 3 is 2.12 bits per heavy atom. The molecule has 0 spiro atoms. The topological polar surface area (TPSA) is 63.9 Å².